The fourth-order valence-corrected chi connectivity index (χ4v) is 5.02. The van der Waals surface area contributed by atoms with Crippen molar-refractivity contribution in [3.63, 3.8) is 0 Å². The predicted octanol–water partition coefficient (Wildman–Crippen LogP) is 3.70. The summed E-state index contributed by atoms with van der Waals surface area (Å²) in [7, 11) is 1.92. The van der Waals surface area contributed by atoms with Crippen molar-refractivity contribution in [1.29, 1.82) is 0 Å². The first-order chi connectivity index (χ1) is 15.0. The molecule has 4 aromatic rings. The van der Waals surface area contributed by atoms with Crippen LogP contribution in [0, 0.1) is 12.8 Å². The van der Waals surface area contributed by atoms with E-state index in [9.17, 15) is 5.11 Å². The van der Waals surface area contributed by atoms with Gasteiger partial charge in [-0.2, -0.15) is 0 Å². The van der Waals surface area contributed by atoms with Gasteiger partial charge in [-0.05, 0) is 56.2 Å². The van der Waals surface area contributed by atoms with Gasteiger partial charge in [-0.3, -0.25) is 4.98 Å². The molecule has 4 heterocycles. The summed E-state index contributed by atoms with van der Waals surface area (Å²) in [6.07, 6.45) is 5.75. The lowest BCUT2D eigenvalue weighted by Crippen LogP contribution is -2.20. The highest BCUT2D eigenvalue weighted by Crippen LogP contribution is 2.46. The molecule has 0 amide bonds. The molecule has 0 atom stereocenters. The maximum atomic E-state index is 10.7. The lowest BCUT2D eigenvalue weighted by atomic mass is 10.00. The summed E-state index contributed by atoms with van der Waals surface area (Å²) < 4.78 is 9.81. The zero-order valence-electron chi connectivity index (χ0n) is 18.0. The van der Waals surface area contributed by atoms with Gasteiger partial charge in [0.15, 0.2) is 0 Å². The molecule has 160 valence electrons. The number of nitrogens with zero attached hydrogens (tertiary/aromatic N) is 5. The molecule has 0 bridgehead atoms. The summed E-state index contributed by atoms with van der Waals surface area (Å²) in [5.74, 6) is 0.573. The van der Waals surface area contributed by atoms with Gasteiger partial charge in [0.1, 0.15) is 0 Å². The number of aryl methyl sites for hydroxylation is 2. The Morgan fingerprint density at radius 3 is 2.68 bits per heavy atom. The first kappa shape index (κ1) is 19.0. The molecule has 7 nitrogen and oxygen atoms in total. The Balaban J connectivity index is 1.56. The lowest BCUT2D eigenvalue weighted by molar-refractivity contribution is 0.0619. The van der Waals surface area contributed by atoms with Crippen molar-refractivity contribution in [2.45, 2.75) is 44.8 Å². The molecule has 1 N–H and O–H groups in total. The van der Waals surface area contributed by atoms with Crippen molar-refractivity contribution in [3.8, 4) is 11.3 Å². The minimum Gasteiger partial charge on any atom is -0.385 e. The average Bonchev–Trinajstić information content (AvgIpc) is 3.36. The number of rotatable bonds is 4. The Hall–Kier alpha value is -2.77. The number of aromatic nitrogens is 5. The van der Waals surface area contributed by atoms with E-state index in [0.29, 0.717) is 5.92 Å². The van der Waals surface area contributed by atoms with E-state index in [1.165, 1.54) is 0 Å². The SMILES string of the molecule is Cc1nnn(C)c1-c1cnc2c3ccc(C4(O)CC4)cc3n(CC3CCOCC3)c2c1. The van der Waals surface area contributed by atoms with E-state index in [0.717, 1.165) is 89.9 Å². The quantitative estimate of drug-likeness (QED) is 0.548. The number of aliphatic hydroxyl groups is 1. The zero-order chi connectivity index (χ0) is 21.2. The molecule has 6 rings (SSSR count). The Kier molecular flexibility index (Phi) is 4.20. The molecule has 7 heteroatoms. The van der Waals surface area contributed by atoms with E-state index in [1.54, 1.807) is 0 Å². The Morgan fingerprint density at radius 1 is 1.16 bits per heavy atom. The van der Waals surface area contributed by atoms with Gasteiger partial charge in [-0.1, -0.05) is 17.3 Å². The van der Waals surface area contributed by atoms with E-state index in [-0.39, 0.29) is 0 Å². The molecular weight excluding hydrogens is 390 g/mol. The van der Waals surface area contributed by atoms with Gasteiger partial charge in [0.05, 0.1) is 33.5 Å². The largest absolute Gasteiger partial charge is 0.385 e. The molecule has 0 unspecified atom stereocenters. The normalized spacial score (nSPS) is 18.8. The maximum Gasteiger partial charge on any atom is 0.0960 e. The van der Waals surface area contributed by atoms with E-state index in [2.05, 4.69) is 39.1 Å². The number of ether oxygens (including phenoxy) is 1. The third kappa shape index (κ3) is 3.06. The molecule has 2 aliphatic rings. The first-order valence-electron chi connectivity index (χ1n) is 11.1. The van der Waals surface area contributed by atoms with Crippen molar-refractivity contribution in [3.05, 3.63) is 41.7 Å². The van der Waals surface area contributed by atoms with Gasteiger partial charge in [-0.25, -0.2) is 4.68 Å². The van der Waals surface area contributed by atoms with Crippen LogP contribution < -0.4 is 0 Å². The van der Waals surface area contributed by atoms with Crippen LogP contribution in [0.1, 0.15) is 36.9 Å². The highest BCUT2D eigenvalue weighted by Gasteiger charge is 2.42. The molecule has 1 aliphatic carbocycles. The molecule has 2 fully saturated rings. The summed E-state index contributed by atoms with van der Waals surface area (Å²) >= 11 is 0. The number of fused-ring (bicyclic) bond motifs is 3. The topological polar surface area (TPSA) is 78.0 Å². The predicted molar refractivity (Wildman–Crippen MR) is 119 cm³/mol. The van der Waals surface area contributed by atoms with Crippen LogP contribution in [0.2, 0.25) is 0 Å². The number of pyridine rings is 1. The molecular formula is C24H27N5O2. The van der Waals surface area contributed by atoms with Gasteiger partial charge in [0.2, 0.25) is 0 Å². The standard InChI is InChI=1S/C24H27N5O2/c1-15-23(28(2)27-26-15)17-11-21-22(25-13-17)19-4-3-18(24(30)7-8-24)12-20(19)29(21)14-16-5-9-31-10-6-16/h3-4,11-13,16,30H,5-10,14H2,1-2H3. The second-order valence-corrected chi connectivity index (χ2v) is 9.17. The van der Waals surface area contributed by atoms with Gasteiger partial charge in [-0.15, -0.1) is 5.10 Å². The van der Waals surface area contributed by atoms with Crippen molar-refractivity contribution >= 4 is 21.9 Å². The van der Waals surface area contributed by atoms with Crippen LogP contribution in [0.25, 0.3) is 33.2 Å². The average molecular weight is 418 g/mol. The lowest BCUT2D eigenvalue weighted by Gasteiger charge is -2.23. The summed E-state index contributed by atoms with van der Waals surface area (Å²) in [4.78, 5) is 4.89. The summed E-state index contributed by atoms with van der Waals surface area (Å²) in [6.45, 7) is 4.57. The molecule has 31 heavy (non-hydrogen) atoms. The molecule has 1 saturated heterocycles. The van der Waals surface area contributed by atoms with Crippen LogP contribution in [-0.4, -0.2) is 42.9 Å². The van der Waals surface area contributed by atoms with E-state index >= 15 is 0 Å². The van der Waals surface area contributed by atoms with Crippen molar-refractivity contribution in [2.75, 3.05) is 13.2 Å². The second kappa shape index (κ2) is 6.87. The molecule has 1 saturated carbocycles. The number of benzene rings is 1. The monoisotopic (exact) mass is 417 g/mol. The van der Waals surface area contributed by atoms with Crippen LogP contribution in [0.3, 0.4) is 0 Å². The van der Waals surface area contributed by atoms with Crippen molar-refractivity contribution in [1.82, 2.24) is 24.5 Å². The van der Waals surface area contributed by atoms with Crippen LogP contribution in [0.15, 0.2) is 30.5 Å². The maximum absolute atomic E-state index is 10.7. The molecule has 3 aromatic heterocycles. The summed E-state index contributed by atoms with van der Waals surface area (Å²) in [5.41, 5.74) is 6.57. The molecule has 0 radical (unpaired) electrons. The number of hydrogen-bond acceptors (Lipinski definition) is 5. The molecule has 1 aliphatic heterocycles. The Labute approximate surface area is 180 Å². The minimum atomic E-state index is -0.649. The van der Waals surface area contributed by atoms with Crippen LogP contribution in [0.4, 0.5) is 0 Å². The minimum absolute atomic E-state index is 0.573. The van der Waals surface area contributed by atoms with Gasteiger partial charge in [0, 0.05) is 44.0 Å². The van der Waals surface area contributed by atoms with Crippen LogP contribution >= 0.6 is 0 Å². The van der Waals surface area contributed by atoms with Crippen LogP contribution in [-0.2, 0) is 23.9 Å². The Morgan fingerprint density at radius 2 is 1.97 bits per heavy atom. The molecule has 0 spiro atoms. The van der Waals surface area contributed by atoms with Crippen LogP contribution in [0.5, 0.6) is 0 Å². The fourth-order valence-electron chi connectivity index (χ4n) is 5.02. The van der Waals surface area contributed by atoms with Gasteiger partial charge >= 0.3 is 0 Å². The van der Waals surface area contributed by atoms with E-state index in [4.69, 9.17) is 9.72 Å². The van der Waals surface area contributed by atoms with E-state index in [1.807, 2.05) is 24.9 Å². The Bertz CT molecular complexity index is 1280. The first-order valence-corrected chi connectivity index (χ1v) is 11.1. The number of hydrogen-bond donors (Lipinski definition) is 1. The highest BCUT2D eigenvalue weighted by atomic mass is 16.5. The third-order valence-electron chi connectivity index (χ3n) is 7.01. The summed E-state index contributed by atoms with van der Waals surface area (Å²) in [6, 6.07) is 8.60. The highest BCUT2D eigenvalue weighted by molar-refractivity contribution is 6.06. The van der Waals surface area contributed by atoms with Crippen molar-refractivity contribution in [2.24, 2.45) is 13.0 Å². The zero-order valence-corrected chi connectivity index (χ0v) is 18.0. The third-order valence-corrected chi connectivity index (χ3v) is 7.01. The molecule has 1 aromatic carbocycles. The van der Waals surface area contributed by atoms with Crippen molar-refractivity contribution < 1.29 is 9.84 Å². The van der Waals surface area contributed by atoms with Gasteiger partial charge in [0.25, 0.3) is 0 Å². The van der Waals surface area contributed by atoms with Gasteiger partial charge < -0.3 is 14.4 Å². The smallest absolute Gasteiger partial charge is 0.0960 e. The fraction of sp³-hybridized carbons (Fsp3) is 0.458. The summed E-state index contributed by atoms with van der Waals surface area (Å²) in [5, 5.41) is 20.2. The second-order valence-electron chi connectivity index (χ2n) is 9.17. The van der Waals surface area contributed by atoms with E-state index < -0.39 is 5.60 Å².